The predicted molar refractivity (Wildman–Crippen MR) is 133 cm³/mol. The van der Waals surface area contributed by atoms with Crippen LogP contribution in [0.4, 0.5) is 10.1 Å². The molecule has 188 valence electrons. The van der Waals surface area contributed by atoms with Gasteiger partial charge in [-0.1, -0.05) is 0 Å². The van der Waals surface area contributed by atoms with E-state index in [2.05, 4.69) is 31.7 Å². The van der Waals surface area contributed by atoms with E-state index in [1.165, 1.54) is 26.2 Å². The van der Waals surface area contributed by atoms with E-state index in [0.29, 0.717) is 28.4 Å². The van der Waals surface area contributed by atoms with Crippen LogP contribution in [0.3, 0.4) is 0 Å². The minimum atomic E-state index is -1.61. The molecule has 36 heavy (non-hydrogen) atoms. The number of aromatic nitrogens is 3. The highest BCUT2D eigenvalue weighted by Crippen LogP contribution is 2.32. The highest BCUT2D eigenvalue weighted by molar-refractivity contribution is 6.00. The fourth-order valence-corrected chi connectivity index (χ4v) is 5.01. The van der Waals surface area contributed by atoms with Crippen molar-refractivity contribution in [2.24, 2.45) is 5.92 Å². The summed E-state index contributed by atoms with van der Waals surface area (Å²) in [5.41, 5.74) is 1.96. The van der Waals surface area contributed by atoms with Crippen molar-refractivity contribution in [3.8, 4) is 17.5 Å². The number of carbonyl (C=O) groups excluding carboxylic acids is 1. The molecule has 0 unspecified atom stereocenters. The van der Waals surface area contributed by atoms with Crippen LogP contribution in [0.1, 0.15) is 42.6 Å². The largest absolute Gasteiger partial charge is 0.387 e. The van der Waals surface area contributed by atoms with Gasteiger partial charge >= 0.3 is 0 Å². The number of nitriles is 1. The summed E-state index contributed by atoms with van der Waals surface area (Å²) in [5.74, 6) is 0.0645. The number of fused-ring (bicyclic) bond motifs is 4. The number of carbonyl (C=O) groups is 1. The van der Waals surface area contributed by atoms with E-state index in [0.717, 1.165) is 43.7 Å². The first-order valence-electron chi connectivity index (χ1n) is 12.2. The first kappa shape index (κ1) is 24.2. The molecular formula is C26H30FN7O2. The monoisotopic (exact) mass is 491 g/mol. The van der Waals surface area contributed by atoms with Crippen LogP contribution in [0.25, 0.3) is 16.9 Å². The Kier molecular flexibility index (Phi) is 6.36. The number of anilines is 1. The zero-order chi connectivity index (χ0) is 25.4. The molecule has 3 fully saturated rings. The van der Waals surface area contributed by atoms with Crippen molar-refractivity contribution in [2.45, 2.75) is 44.5 Å². The van der Waals surface area contributed by atoms with Gasteiger partial charge in [-0.05, 0) is 70.0 Å². The van der Waals surface area contributed by atoms with E-state index in [9.17, 15) is 14.3 Å². The van der Waals surface area contributed by atoms with Crippen molar-refractivity contribution in [1.29, 1.82) is 5.26 Å². The van der Waals surface area contributed by atoms with Gasteiger partial charge in [0.2, 0.25) is 0 Å². The number of hydrogen-bond acceptors (Lipinski definition) is 7. The van der Waals surface area contributed by atoms with Crippen LogP contribution in [0.5, 0.6) is 0 Å². The number of nitrogens with one attached hydrogen (secondary N) is 2. The Morgan fingerprint density at radius 2 is 2.08 bits per heavy atom. The van der Waals surface area contributed by atoms with Crippen molar-refractivity contribution in [2.75, 3.05) is 31.5 Å². The Morgan fingerprint density at radius 1 is 1.31 bits per heavy atom. The molecule has 0 aromatic carbocycles. The van der Waals surface area contributed by atoms with Crippen LogP contribution in [0, 0.1) is 17.2 Å². The lowest BCUT2D eigenvalue weighted by molar-refractivity contribution is -0.00177. The summed E-state index contributed by atoms with van der Waals surface area (Å²) in [6.07, 6.45) is 3.61. The molecule has 1 amide bonds. The van der Waals surface area contributed by atoms with Crippen molar-refractivity contribution < 1.29 is 14.3 Å². The van der Waals surface area contributed by atoms with Crippen molar-refractivity contribution >= 4 is 17.1 Å². The first-order chi connectivity index (χ1) is 17.2. The molecule has 9 nitrogen and oxygen atoms in total. The van der Waals surface area contributed by atoms with Gasteiger partial charge in [0.15, 0.2) is 0 Å². The Morgan fingerprint density at radius 3 is 2.75 bits per heavy atom. The standard InChI is InChI=1S/C26H30FN7O2/c1-26(2,36)24(27)14-30-25(35)19-13-29-21(23-4-3-18-9-16(11-28)12-31-34(18)23)10-20(19)32-22-15-33-7-5-17(22)6-8-33/h3-4,9-10,12-13,17,22,24,36H,5-8,14-15H2,1-2H3,(H,29,32)(H,30,35)/t22-,24+/m0/s1. The lowest BCUT2D eigenvalue weighted by Gasteiger charge is -2.45. The second-order valence-corrected chi connectivity index (χ2v) is 10.2. The van der Waals surface area contributed by atoms with Crippen LogP contribution in [-0.2, 0) is 0 Å². The lowest BCUT2D eigenvalue weighted by Crippen LogP contribution is -2.53. The topological polar surface area (TPSA) is 119 Å². The van der Waals surface area contributed by atoms with Crippen LogP contribution < -0.4 is 10.6 Å². The molecule has 10 heteroatoms. The van der Waals surface area contributed by atoms with Gasteiger partial charge in [0.1, 0.15) is 12.2 Å². The molecule has 3 aliphatic heterocycles. The molecule has 0 radical (unpaired) electrons. The van der Waals surface area contributed by atoms with E-state index in [1.54, 1.807) is 10.6 Å². The van der Waals surface area contributed by atoms with E-state index >= 15 is 0 Å². The fourth-order valence-electron chi connectivity index (χ4n) is 5.01. The number of aliphatic hydroxyl groups is 1. The normalized spacial score (nSPS) is 22.2. The maximum Gasteiger partial charge on any atom is 0.255 e. The zero-order valence-electron chi connectivity index (χ0n) is 20.4. The van der Waals surface area contributed by atoms with Gasteiger partial charge in [-0.2, -0.15) is 10.4 Å². The molecule has 3 aliphatic rings. The van der Waals surface area contributed by atoms with Gasteiger partial charge in [-0.3, -0.25) is 9.78 Å². The van der Waals surface area contributed by atoms with Crippen molar-refractivity contribution in [1.82, 2.24) is 24.8 Å². The Bertz CT molecular complexity index is 1320. The highest BCUT2D eigenvalue weighted by Gasteiger charge is 2.35. The molecule has 3 aromatic rings. The second-order valence-electron chi connectivity index (χ2n) is 10.2. The molecule has 6 heterocycles. The smallest absolute Gasteiger partial charge is 0.255 e. The average molecular weight is 492 g/mol. The van der Waals surface area contributed by atoms with E-state index < -0.39 is 17.7 Å². The van der Waals surface area contributed by atoms with Gasteiger partial charge in [0.25, 0.3) is 5.91 Å². The molecule has 3 saturated heterocycles. The summed E-state index contributed by atoms with van der Waals surface area (Å²) in [6.45, 7) is 5.53. The van der Waals surface area contributed by atoms with Gasteiger partial charge < -0.3 is 20.6 Å². The number of hydrogen-bond donors (Lipinski definition) is 3. The average Bonchev–Trinajstić information content (AvgIpc) is 3.30. The summed E-state index contributed by atoms with van der Waals surface area (Å²) in [4.78, 5) is 20.0. The maximum absolute atomic E-state index is 14.3. The third-order valence-electron chi connectivity index (χ3n) is 7.25. The third-order valence-corrected chi connectivity index (χ3v) is 7.25. The number of halogens is 1. The number of pyridine rings is 1. The molecule has 0 spiro atoms. The van der Waals surface area contributed by atoms with Gasteiger partial charge in [-0.25, -0.2) is 8.91 Å². The molecule has 3 aromatic heterocycles. The minimum Gasteiger partial charge on any atom is -0.387 e. The quantitative estimate of drug-likeness (QED) is 0.465. The van der Waals surface area contributed by atoms with Crippen LogP contribution >= 0.6 is 0 Å². The van der Waals surface area contributed by atoms with Crippen molar-refractivity contribution in [3.05, 3.63) is 47.8 Å². The van der Waals surface area contributed by atoms with Gasteiger partial charge in [0, 0.05) is 18.8 Å². The summed E-state index contributed by atoms with van der Waals surface area (Å²) in [5, 5.41) is 29.6. The molecule has 2 bridgehead atoms. The minimum absolute atomic E-state index is 0.194. The van der Waals surface area contributed by atoms with E-state index in [4.69, 9.17) is 5.26 Å². The summed E-state index contributed by atoms with van der Waals surface area (Å²) in [6, 6.07) is 9.61. The molecule has 6 rings (SSSR count). The Hall–Kier alpha value is -3.55. The lowest BCUT2D eigenvalue weighted by atomic mass is 9.84. The maximum atomic E-state index is 14.3. The third kappa shape index (κ3) is 4.76. The molecule has 2 atom stereocenters. The number of nitrogens with zero attached hydrogens (tertiary/aromatic N) is 5. The van der Waals surface area contributed by atoms with Crippen LogP contribution in [0.2, 0.25) is 0 Å². The van der Waals surface area contributed by atoms with Crippen LogP contribution in [0.15, 0.2) is 36.7 Å². The van der Waals surface area contributed by atoms with E-state index in [1.807, 2.05) is 18.2 Å². The summed E-state index contributed by atoms with van der Waals surface area (Å²) < 4.78 is 16.0. The Labute approximate surface area is 208 Å². The van der Waals surface area contributed by atoms with Crippen LogP contribution in [-0.4, -0.2) is 74.5 Å². The summed E-state index contributed by atoms with van der Waals surface area (Å²) >= 11 is 0. The summed E-state index contributed by atoms with van der Waals surface area (Å²) in [7, 11) is 0. The predicted octanol–water partition coefficient (Wildman–Crippen LogP) is 2.61. The number of amides is 1. The zero-order valence-corrected chi connectivity index (χ0v) is 20.4. The Balaban J connectivity index is 1.47. The number of piperidine rings is 3. The molecule has 3 N–H and O–H groups in total. The number of rotatable bonds is 7. The molecular weight excluding hydrogens is 461 g/mol. The fraction of sp³-hybridized carbons (Fsp3) is 0.462. The van der Waals surface area contributed by atoms with E-state index in [-0.39, 0.29) is 12.6 Å². The molecule has 0 saturated carbocycles. The first-order valence-corrected chi connectivity index (χ1v) is 12.2. The van der Waals surface area contributed by atoms with Crippen molar-refractivity contribution in [3.63, 3.8) is 0 Å². The van der Waals surface area contributed by atoms with Gasteiger partial charge in [0.05, 0.1) is 52.1 Å². The highest BCUT2D eigenvalue weighted by atomic mass is 19.1. The second kappa shape index (κ2) is 9.48. The number of alkyl halides is 1. The molecule has 0 aliphatic carbocycles. The SMILES string of the molecule is CC(C)(O)[C@H](F)CNC(=O)c1cnc(-c2ccc3cc(C#N)cnn23)cc1N[C@H]1CN2CCC1CC2. The van der Waals surface area contributed by atoms with Gasteiger partial charge in [-0.15, -0.1) is 0 Å².